The average molecular weight is 258 g/mol. The summed E-state index contributed by atoms with van der Waals surface area (Å²) in [6.45, 7) is 2.44. The molecule has 2 aromatic heterocycles. The molecule has 2 rings (SSSR count). The number of aromatic nitrogens is 5. The van der Waals surface area contributed by atoms with Crippen molar-refractivity contribution in [1.82, 2.24) is 25.1 Å². The summed E-state index contributed by atoms with van der Waals surface area (Å²) in [6.07, 6.45) is 3.20. The van der Waals surface area contributed by atoms with Crippen molar-refractivity contribution in [2.75, 3.05) is 0 Å². The number of rotatable bonds is 3. The number of nitrogens with zero attached hydrogens (tertiary/aromatic N) is 5. The van der Waals surface area contributed by atoms with Crippen LogP contribution in [0.4, 0.5) is 0 Å². The minimum absolute atomic E-state index is 0.193. The summed E-state index contributed by atoms with van der Waals surface area (Å²) in [6, 6.07) is 0. The second kappa shape index (κ2) is 3.87. The van der Waals surface area contributed by atoms with Gasteiger partial charge < -0.3 is 4.52 Å². The first-order chi connectivity index (χ1) is 6.75. The molecule has 0 N–H and O–H groups in total. The molecular weight excluding hydrogens is 250 g/mol. The minimum Gasteiger partial charge on any atom is -0.338 e. The third-order valence-corrected chi connectivity index (χ3v) is 2.14. The smallest absolute Gasteiger partial charge is 0.248 e. The van der Waals surface area contributed by atoms with E-state index in [2.05, 4.69) is 36.4 Å². The Labute approximate surface area is 88.4 Å². The van der Waals surface area contributed by atoms with Crippen molar-refractivity contribution in [2.24, 2.45) is 0 Å². The molecule has 0 bridgehead atoms. The van der Waals surface area contributed by atoms with Crippen molar-refractivity contribution in [3.05, 3.63) is 24.1 Å². The molecule has 0 radical (unpaired) electrons. The fourth-order valence-electron chi connectivity index (χ4n) is 0.977. The highest BCUT2D eigenvalue weighted by Gasteiger charge is 2.07. The molecular formula is C7H8BrN5O. The van der Waals surface area contributed by atoms with Crippen LogP contribution in [-0.2, 0) is 6.54 Å². The van der Waals surface area contributed by atoms with E-state index in [1.165, 1.54) is 6.33 Å². The van der Waals surface area contributed by atoms with Gasteiger partial charge in [-0.1, -0.05) is 26.3 Å². The monoisotopic (exact) mass is 257 g/mol. The standard InChI is InChI=1S/C7H8BrN5O/c1-5(8)6-2-13(12-11-6)3-7-9-4-10-14-7/h2,4-5H,3H2,1H3. The fraction of sp³-hybridized carbons (Fsp3) is 0.429. The number of hydrogen-bond donors (Lipinski definition) is 0. The molecule has 0 aliphatic rings. The van der Waals surface area contributed by atoms with Gasteiger partial charge in [0, 0.05) is 0 Å². The van der Waals surface area contributed by atoms with Crippen LogP contribution in [0.15, 0.2) is 17.0 Å². The van der Waals surface area contributed by atoms with Crippen molar-refractivity contribution in [3.63, 3.8) is 0 Å². The molecule has 0 spiro atoms. The minimum atomic E-state index is 0.193. The molecule has 1 atom stereocenters. The van der Waals surface area contributed by atoms with Gasteiger partial charge in [-0.2, -0.15) is 4.98 Å². The quantitative estimate of drug-likeness (QED) is 0.773. The van der Waals surface area contributed by atoms with E-state index >= 15 is 0 Å². The Morgan fingerprint density at radius 3 is 3.07 bits per heavy atom. The zero-order valence-electron chi connectivity index (χ0n) is 7.46. The predicted octanol–water partition coefficient (Wildman–Crippen LogP) is 1.17. The topological polar surface area (TPSA) is 69.6 Å². The Bertz CT molecular complexity index is 396. The molecule has 1 unspecified atom stereocenters. The summed E-state index contributed by atoms with van der Waals surface area (Å²) in [7, 11) is 0. The Morgan fingerprint density at radius 1 is 1.64 bits per heavy atom. The largest absolute Gasteiger partial charge is 0.338 e. The van der Waals surface area contributed by atoms with Crippen LogP contribution in [-0.4, -0.2) is 25.1 Å². The zero-order valence-corrected chi connectivity index (χ0v) is 9.05. The summed E-state index contributed by atoms with van der Waals surface area (Å²) in [5, 5.41) is 11.4. The second-order valence-corrected chi connectivity index (χ2v) is 4.17. The third-order valence-electron chi connectivity index (χ3n) is 1.67. The maximum atomic E-state index is 4.85. The maximum Gasteiger partial charge on any atom is 0.248 e. The van der Waals surface area contributed by atoms with Gasteiger partial charge in [0.1, 0.15) is 6.54 Å². The SMILES string of the molecule is CC(Br)c1cn(Cc2ncno2)nn1. The van der Waals surface area contributed by atoms with Crippen LogP contribution >= 0.6 is 15.9 Å². The fourth-order valence-corrected chi connectivity index (χ4v) is 1.19. The molecule has 6 nitrogen and oxygen atoms in total. The van der Waals surface area contributed by atoms with Gasteiger partial charge in [-0.3, -0.25) is 0 Å². The molecule has 0 aromatic carbocycles. The normalized spacial score (nSPS) is 13.0. The first-order valence-corrected chi connectivity index (χ1v) is 4.97. The number of hydrogen-bond acceptors (Lipinski definition) is 5. The Balaban J connectivity index is 2.11. The Kier molecular flexibility index (Phi) is 2.58. The van der Waals surface area contributed by atoms with E-state index < -0.39 is 0 Å². The van der Waals surface area contributed by atoms with Crippen LogP contribution in [0.25, 0.3) is 0 Å². The van der Waals surface area contributed by atoms with Crippen LogP contribution in [0.5, 0.6) is 0 Å². The molecule has 14 heavy (non-hydrogen) atoms. The van der Waals surface area contributed by atoms with Gasteiger partial charge in [0.15, 0.2) is 6.33 Å². The van der Waals surface area contributed by atoms with Crippen molar-refractivity contribution in [1.29, 1.82) is 0 Å². The summed E-state index contributed by atoms with van der Waals surface area (Å²) in [4.78, 5) is 4.08. The molecule has 2 aromatic rings. The molecule has 0 saturated heterocycles. The van der Waals surface area contributed by atoms with Crippen molar-refractivity contribution in [3.8, 4) is 0 Å². The average Bonchev–Trinajstić information content (AvgIpc) is 2.75. The zero-order chi connectivity index (χ0) is 9.97. The van der Waals surface area contributed by atoms with Crippen LogP contribution in [0.2, 0.25) is 0 Å². The predicted molar refractivity (Wildman–Crippen MR) is 50.8 cm³/mol. The lowest BCUT2D eigenvalue weighted by Crippen LogP contribution is -2.00. The summed E-state index contributed by atoms with van der Waals surface area (Å²) in [5.74, 6) is 0.517. The molecule has 0 saturated carbocycles. The van der Waals surface area contributed by atoms with Gasteiger partial charge in [0.05, 0.1) is 16.7 Å². The van der Waals surface area contributed by atoms with Gasteiger partial charge in [-0.15, -0.1) is 5.10 Å². The molecule has 0 fully saturated rings. The highest BCUT2D eigenvalue weighted by molar-refractivity contribution is 9.09. The van der Waals surface area contributed by atoms with E-state index in [4.69, 9.17) is 4.52 Å². The van der Waals surface area contributed by atoms with Gasteiger partial charge in [-0.05, 0) is 6.92 Å². The second-order valence-electron chi connectivity index (χ2n) is 2.79. The van der Waals surface area contributed by atoms with Crippen molar-refractivity contribution < 1.29 is 4.52 Å². The molecule has 0 amide bonds. The first-order valence-electron chi connectivity index (χ1n) is 4.05. The van der Waals surface area contributed by atoms with Gasteiger partial charge in [0.25, 0.3) is 0 Å². The van der Waals surface area contributed by atoms with Crippen LogP contribution in [0.1, 0.15) is 23.3 Å². The van der Waals surface area contributed by atoms with E-state index in [1.54, 1.807) is 4.68 Å². The van der Waals surface area contributed by atoms with Crippen molar-refractivity contribution in [2.45, 2.75) is 18.3 Å². The summed E-state index contributed by atoms with van der Waals surface area (Å²) >= 11 is 3.41. The van der Waals surface area contributed by atoms with Crippen molar-refractivity contribution >= 4 is 15.9 Å². The maximum absolute atomic E-state index is 4.85. The molecule has 74 valence electrons. The van der Waals surface area contributed by atoms with Crippen LogP contribution < -0.4 is 0 Å². The lowest BCUT2D eigenvalue weighted by atomic mass is 10.4. The summed E-state index contributed by atoms with van der Waals surface area (Å²) in [5.41, 5.74) is 0.879. The van der Waals surface area contributed by atoms with Crippen LogP contribution in [0, 0.1) is 0 Å². The molecule has 0 aliphatic heterocycles. The van der Waals surface area contributed by atoms with Gasteiger partial charge in [0.2, 0.25) is 5.89 Å². The Morgan fingerprint density at radius 2 is 2.50 bits per heavy atom. The van der Waals surface area contributed by atoms with Gasteiger partial charge in [-0.25, -0.2) is 4.68 Å². The molecule has 7 heteroatoms. The molecule has 2 heterocycles. The lowest BCUT2D eigenvalue weighted by molar-refractivity contribution is 0.363. The van der Waals surface area contributed by atoms with Gasteiger partial charge >= 0.3 is 0 Å². The third kappa shape index (κ3) is 1.98. The summed E-state index contributed by atoms with van der Waals surface area (Å²) < 4.78 is 6.50. The highest BCUT2D eigenvalue weighted by atomic mass is 79.9. The number of alkyl halides is 1. The first kappa shape index (κ1) is 9.32. The van der Waals surface area contributed by atoms with E-state index in [0.717, 1.165) is 5.69 Å². The van der Waals surface area contributed by atoms with E-state index in [0.29, 0.717) is 12.4 Å². The highest BCUT2D eigenvalue weighted by Crippen LogP contribution is 2.18. The van der Waals surface area contributed by atoms with E-state index in [9.17, 15) is 0 Å². The van der Waals surface area contributed by atoms with E-state index in [1.807, 2.05) is 13.1 Å². The lowest BCUT2D eigenvalue weighted by Gasteiger charge is -1.94. The molecule has 0 aliphatic carbocycles. The Hall–Kier alpha value is -1.24. The van der Waals surface area contributed by atoms with E-state index in [-0.39, 0.29) is 4.83 Å². The van der Waals surface area contributed by atoms with Crippen LogP contribution in [0.3, 0.4) is 0 Å². The number of halogens is 1.